The number of rotatable bonds is 8. The quantitative estimate of drug-likeness (QED) is 0.364. The number of para-hydroxylation sites is 1. The van der Waals surface area contributed by atoms with E-state index in [1.807, 2.05) is 6.92 Å². The van der Waals surface area contributed by atoms with Crippen LogP contribution < -0.4 is 31.0 Å². The molecular formula is C21H24N4O5S. The number of hydrogen-bond acceptors (Lipinski definition) is 6. The highest BCUT2D eigenvalue weighted by molar-refractivity contribution is 7.80. The number of thiocarbonyl (C=S) groups is 1. The first-order valence-electron chi connectivity index (χ1n) is 9.48. The van der Waals surface area contributed by atoms with Gasteiger partial charge in [0.2, 0.25) is 11.8 Å². The van der Waals surface area contributed by atoms with Gasteiger partial charge in [-0.15, -0.1) is 0 Å². The van der Waals surface area contributed by atoms with E-state index >= 15 is 0 Å². The zero-order chi connectivity index (χ0) is 22.6. The average Bonchev–Trinajstić information content (AvgIpc) is 2.77. The van der Waals surface area contributed by atoms with Crippen LogP contribution in [0.2, 0.25) is 0 Å². The minimum Gasteiger partial charge on any atom is -0.496 e. The lowest BCUT2D eigenvalue weighted by atomic mass is 10.2. The second kappa shape index (κ2) is 12.1. The van der Waals surface area contributed by atoms with Crippen molar-refractivity contribution in [2.75, 3.05) is 19.0 Å². The summed E-state index contributed by atoms with van der Waals surface area (Å²) in [7, 11) is 1.45. The molecule has 9 nitrogen and oxygen atoms in total. The van der Waals surface area contributed by atoms with E-state index in [1.54, 1.807) is 48.5 Å². The van der Waals surface area contributed by atoms with Crippen LogP contribution in [0.15, 0.2) is 48.5 Å². The van der Waals surface area contributed by atoms with Gasteiger partial charge < -0.3 is 14.8 Å². The molecule has 0 saturated heterocycles. The van der Waals surface area contributed by atoms with E-state index in [0.717, 1.165) is 0 Å². The van der Waals surface area contributed by atoms with Crippen molar-refractivity contribution in [1.82, 2.24) is 16.2 Å². The first-order chi connectivity index (χ1) is 14.9. The van der Waals surface area contributed by atoms with Gasteiger partial charge in [-0.2, -0.15) is 0 Å². The van der Waals surface area contributed by atoms with Gasteiger partial charge in [-0.3, -0.25) is 30.6 Å². The Hall–Kier alpha value is -3.66. The summed E-state index contributed by atoms with van der Waals surface area (Å²) in [5, 5.41) is 5.04. The van der Waals surface area contributed by atoms with Gasteiger partial charge in [0.25, 0.3) is 5.91 Å². The van der Waals surface area contributed by atoms with Gasteiger partial charge in [-0.05, 0) is 55.5 Å². The maximum atomic E-state index is 12.2. The number of hydrogen-bond donors (Lipinski definition) is 4. The van der Waals surface area contributed by atoms with E-state index in [0.29, 0.717) is 29.4 Å². The number of anilines is 1. The third-order valence-corrected chi connectivity index (χ3v) is 4.13. The van der Waals surface area contributed by atoms with Crippen LogP contribution in [0.3, 0.4) is 0 Å². The van der Waals surface area contributed by atoms with Crippen molar-refractivity contribution >= 4 is 40.7 Å². The summed E-state index contributed by atoms with van der Waals surface area (Å²) in [4.78, 5) is 36.1. The Morgan fingerprint density at radius 1 is 0.935 bits per heavy atom. The molecule has 0 spiro atoms. The third-order valence-electron chi connectivity index (χ3n) is 3.92. The van der Waals surface area contributed by atoms with Crippen LogP contribution in [-0.2, 0) is 9.59 Å². The van der Waals surface area contributed by atoms with Gasteiger partial charge in [-0.1, -0.05) is 12.1 Å². The molecule has 0 bridgehead atoms. The van der Waals surface area contributed by atoms with Crippen molar-refractivity contribution in [3.63, 3.8) is 0 Å². The molecule has 0 unspecified atom stereocenters. The van der Waals surface area contributed by atoms with Gasteiger partial charge in [-0.25, -0.2) is 0 Å². The number of carbonyl (C=O) groups is 3. The van der Waals surface area contributed by atoms with Crippen LogP contribution in [0, 0.1) is 0 Å². The van der Waals surface area contributed by atoms with Crippen LogP contribution in [0.4, 0.5) is 5.69 Å². The van der Waals surface area contributed by atoms with Gasteiger partial charge in [0.15, 0.2) is 5.11 Å². The van der Waals surface area contributed by atoms with Crippen molar-refractivity contribution in [1.29, 1.82) is 0 Å². The fourth-order valence-corrected chi connectivity index (χ4v) is 2.62. The number of amides is 3. The first-order valence-corrected chi connectivity index (χ1v) is 9.89. The van der Waals surface area contributed by atoms with Crippen molar-refractivity contribution in [2.45, 2.75) is 19.8 Å². The van der Waals surface area contributed by atoms with Crippen molar-refractivity contribution in [3.05, 3.63) is 54.1 Å². The topological polar surface area (TPSA) is 118 Å². The van der Waals surface area contributed by atoms with E-state index in [9.17, 15) is 14.4 Å². The Labute approximate surface area is 185 Å². The van der Waals surface area contributed by atoms with E-state index < -0.39 is 11.8 Å². The van der Waals surface area contributed by atoms with Gasteiger partial charge in [0.1, 0.15) is 11.5 Å². The maximum absolute atomic E-state index is 12.2. The molecule has 0 saturated carbocycles. The summed E-state index contributed by atoms with van der Waals surface area (Å²) in [5.41, 5.74) is 5.66. The lowest BCUT2D eigenvalue weighted by Gasteiger charge is -2.12. The molecule has 31 heavy (non-hydrogen) atoms. The lowest BCUT2D eigenvalue weighted by molar-refractivity contribution is -0.124. The molecule has 0 aliphatic heterocycles. The summed E-state index contributed by atoms with van der Waals surface area (Å²) >= 11 is 4.99. The predicted molar refractivity (Wildman–Crippen MR) is 120 cm³/mol. The van der Waals surface area contributed by atoms with Gasteiger partial charge >= 0.3 is 0 Å². The molecule has 3 amide bonds. The molecule has 0 aliphatic rings. The molecule has 2 rings (SSSR count). The highest BCUT2D eigenvalue weighted by Gasteiger charge is 2.13. The fourth-order valence-electron chi connectivity index (χ4n) is 2.47. The van der Waals surface area contributed by atoms with Crippen molar-refractivity contribution in [2.24, 2.45) is 0 Å². The first kappa shape index (κ1) is 23.6. The molecule has 0 aliphatic carbocycles. The third kappa shape index (κ3) is 7.94. The van der Waals surface area contributed by atoms with Gasteiger partial charge in [0.05, 0.1) is 19.3 Å². The van der Waals surface area contributed by atoms with Crippen LogP contribution in [0.1, 0.15) is 30.1 Å². The minimum absolute atomic E-state index is 0.0267. The van der Waals surface area contributed by atoms with Crippen LogP contribution in [-0.4, -0.2) is 36.6 Å². The number of nitrogens with one attached hydrogen (secondary N) is 4. The van der Waals surface area contributed by atoms with Crippen LogP contribution >= 0.6 is 12.2 Å². The maximum Gasteiger partial charge on any atom is 0.261 e. The molecule has 2 aromatic carbocycles. The predicted octanol–water partition coefficient (Wildman–Crippen LogP) is 2.15. The summed E-state index contributed by atoms with van der Waals surface area (Å²) in [5.74, 6) is -0.161. The largest absolute Gasteiger partial charge is 0.496 e. The number of ether oxygens (including phenoxy) is 2. The van der Waals surface area contributed by atoms with Crippen LogP contribution in [0.25, 0.3) is 0 Å². The smallest absolute Gasteiger partial charge is 0.261 e. The Morgan fingerprint density at radius 3 is 2.29 bits per heavy atom. The Morgan fingerprint density at radius 2 is 1.61 bits per heavy atom. The standard InChI is InChI=1S/C21H24N4O5S/c1-3-30-15-10-8-14(9-11-15)22-18(26)12-13-19(27)24-25-21(31)23-20(28)16-6-4-5-7-17(16)29-2/h4-11H,3,12-13H2,1-2H3,(H,22,26)(H,24,27)(H2,23,25,28,31). The molecule has 0 aromatic heterocycles. The summed E-state index contributed by atoms with van der Waals surface area (Å²) < 4.78 is 10.5. The van der Waals surface area contributed by atoms with E-state index in [4.69, 9.17) is 21.7 Å². The molecule has 0 heterocycles. The molecule has 2 aromatic rings. The normalized spacial score (nSPS) is 9.87. The van der Waals surface area contributed by atoms with E-state index in [-0.39, 0.29) is 23.9 Å². The second-order valence-electron chi connectivity index (χ2n) is 6.16. The monoisotopic (exact) mass is 444 g/mol. The number of benzene rings is 2. The van der Waals surface area contributed by atoms with Crippen molar-refractivity contribution in [3.8, 4) is 11.5 Å². The highest BCUT2D eigenvalue weighted by Crippen LogP contribution is 2.17. The number of methoxy groups -OCH3 is 1. The highest BCUT2D eigenvalue weighted by atomic mass is 32.1. The molecule has 0 radical (unpaired) electrons. The summed E-state index contributed by atoms with van der Waals surface area (Å²) in [6, 6.07) is 13.6. The summed E-state index contributed by atoms with van der Waals surface area (Å²) in [6.07, 6.45) is -0.0972. The summed E-state index contributed by atoms with van der Waals surface area (Å²) in [6.45, 7) is 2.44. The molecule has 10 heteroatoms. The minimum atomic E-state index is -0.487. The van der Waals surface area contributed by atoms with Gasteiger partial charge in [0, 0.05) is 18.5 Å². The van der Waals surface area contributed by atoms with Crippen molar-refractivity contribution < 1.29 is 23.9 Å². The van der Waals surface area contributed by atoms with Crippen LogP contribution in [0.5, 0.6) is 11.5 Å². The Balaban J connectivity index is 1.70. The zero-order valence-electron chi connectivity index (χ0n) is 17.2. The number of carbonyl (C=O) groups excluding carboxylic acids is 3. The lowest BCUT2D eigenvalue weighted by Crippen LogP contribution is -2.48. The average molecular weight is 445 g/mol. The molecule has 0 atom stereocenters. The Bertz CT molecular complexity index is 934. The van der Waals surface area contributed by atoms with E-state index in [2.05, 4.69) is 21.5 Å². The SMILES string of the molecule is CCOc1ccc(NC(=O)CCC(=O)NNC(=S)NC(=O)c2ccccc2OC)cc1. The molecule has 4 N–H and O–H groups in total. The molecule has 0 fully saturated rings. The zero-order valence-corrected chi connectivity index (χ0v) is 18.0. The van der Waals surface area contributed by atoms with E-state index in [1.165, 1.54) is 7.11 Å². The fraction of sp³-hybridized carbons (Fsp3) is 0.238. The Kier molecular flexibility index (Phi) is 9.24. The number of hydrazine groups is 1. The second-order valence-corrected chi connectivity index (χ2v) is 6.57. The molecule has 164 valence electrons. The molecular weight excluding hydrogens is 420 g/mol.